The Morgan fingerprint density at radius 1 is 0.951 bits per heavy atom. The van der Waals surface area contributed by atoms with Crippen molar-refractivity contribution in [2.75, 3.05) is 19.8 Å². The van der Waals surface area contributed by atoms with Gasteiger partial charge in [0.1, 0.15) is 11.6 Å². The van der Waals surface area contributed by atoms with Crippen LogP contribution in [0.3, 0.4) is 0 Å². The first-order valence-corrected chi connectivity index (χ1v) is 12.5. The summed E-state index contributed by atoms with van der Waals surface area (Å²) in [6.45, 7) is -6.79. The van der Waals surface area contributed by atoms with Gasteiger partial charge in [0.15, 0.2) is 11.6 Å². The van der Waals surface area contributed by atoms with Crippen molar-refractivity contribution in [1.29, 1.82) is 0 Å². The van der Waals surface area contributed by atoms with Crippen LogP contribution in [0.1, 0.15) is 29.3 Å². The molecule has 0 saturated carbocycles. The molecule has 0 unspecified atom stereocenters. The number of carbonyl (C=O) groups is 4. The van der Waals surface area contributed by atoms with Gasteiger partial charge in [0.2, 0.25) is 5.91 Å². The highest BCUT2D eigenvalue weighted by molar-refractivity contribution is 6.00. The van der Waals surface area contributed by atoms with E-state index in [0.29, 0.717) is 5.56 Å². The number of hydrogen-bond donors (Lipinski definition) is 2. The van der Waals surface area contributed by atoms with Crippen LogP contribution in [0, 0.1) is 5.92 Å². The number of rotatable bonds is 17. The van der Waals surface area contributed by atoms with E-state index in [-0.39, 0.29) is 18.6 Å². The van der Waals surface area contributed by atoms with Gasteiger partial charge in [-0.2, -0.15) is 17.6 Å². The molecule has 2 amide bonds. The molecule has 222 valence electrons. The van der Waals surface area contributed by atoms with Gasteiger partial charge in [0.25, 0.3) is 5.91 Å². The molecule has 2 N–H and O–H groups in total. The fraction of sp³-hybridized carbons (Fsp3) is 0.444. The summed E-state index contributed by atoms with van der Waals surface area (Å²) in [5.41, 5.74) is -0.434. The third kappa shape index (κ3) is 9.99. The van der Waals surface area contributed by atoms with Gasteiger partial charge in [-0.05, 0) is 31.0 Å². The van der Waals surface area contributed by atoms with Crippen LogP contribution < -0.4 is 10.6 Å². The molecule has 4 atom stereocenters. The molecule has 0 aliphatic carbocycles. The van der Waals surface area contributed by atoms with E-state index in [4.69, 9.17) is 4.74 Å². The zero-order chi connectivity index (χ0) is 30.0. The first-order valence-electron chi connectivity index (χ1n) is 12.5. The minimum Gasteiger partial charge on any atom is -0.361 e. The van der Waals surface area contributed by atoms with E-state index in [1.807, 2.05) is 0 Å². The molecule has 1 aliphatic rings. The van der Waals surface area contributed by atoms with Gasteiger partial charge in [-0.1, -0.05) is 30.3 Å². The summed E-state index contributed by atoms with van der Waals surface area (Å²) in [7, 11) is 0. The molecule has 1 aromatic heterocycles. The second-order valence-electron chi connectivity index (χ2n) is 9.46. The maximum atomic E-state index is 13.2. The Bertz CT molecular complexity index is 1180. The Hall–Kier alpha value is -3.75. The van der Waals surface area contributed by atoms with Crippen LogP contribution in [0.15, 0.2) is 54.9 Å². The van der Waals surface area contributed by atoms with Gasteiger partial charge in [0, 0.05) is 18.8 Å². The molecule has 10 nitrogen and oxygen atoms in total. The van der Waals surface area contributed by atoms with Crippen molar-refractivity contribution in [2.24, 2.45) is 5.92 Å². The Labute approximate surface area is 232 Å². The number of carbonyl (C=O) groups excluding carboxylic acids is 4. The maximum absolute atomic E-state index is 13.2. The first kappa shape index (κ1) is 31.8. The van der Waals surface area contributed by atoms with E-state index in [1.54, 1.807) is 37.3 Å². The lowest BCUT2D eigenvalue weighted by atomic mass is 9.93. The molecule has 1 aromatic carbocycles. The number of amides is 2. The fourth-order valence-corrected chi connectivity index (χ4v) is 3.89. The number of alkyl halides is 4. The van der Waals surface area contributed by atoms with Gasteiger partial charge in [-0.15, -0.1) is 0 Å². The van der Waals surface area contributed by atoms with E-state index < -0.39 is 79.8 Å². The molecule has 2 heterocycles. The number of benzene rings is 1. The largest absolute Gasteiger partial charge is 0.361 e. The number of aromatic nitrogens is 1. The number of nitrogens with zero attached hydrogens (tertiary/aromatic N) is 1. The third-order valence-electron chi connectivity index (χ3n) is 6.26. The van der Waals surface area contributed by atoms with Gasteiger partial charge in [-0.25, -0.2) is 0 Å². The van der Waals surface area contributed by atoms with E-state index >= 15 is 0 Å². The zero-order valence-corrected chi connectivity index (χ0v) is 21.9. The molecule has 1 fully saturated rings. The fourth-order valence-electron chi connectivity index (χ4n) is 3.89. The van der Waals surface area contributed by atoms with E-state index in [2.05, 4.69) is 25.1 Å². The summed E-state index contributed by atoms with van der Waals surface area (Å²) >= 11 is 0. The number of halogens is 4. The molecule has 41 heavy (non-hydrogen) atoms. The number of ether oxygens (including phenoxy) is 3. The first-order chi connectivity index (χ1) is 19.5. The summed E-state index contributed by atoms with van der Waals surface area (Å²) in [4.78, 5) is 55.7. The maximum Gasteiger partial charge on any atom is 0.345 e. The van der Waals surface area contributed by atoms with Crippen LogP contribution in [-0.2, 0) is 35.0 Å². The lowest BCUT2D eigenvalue weighted by molar-refractivity contribution is -0.155. The van der Waals surface area contributed by atoms with Gasteiger partial charge in [-0.3, -0.25) is 24.2 Å². The minimum atomic E-state index is -3.29. The number of nitrogens with one attached hydrogen (secondary N) is 2. The van der Waals surface area contributed by atoms with Gasteiger partial charge in [0.05, 0.1) is 37.3 Å². The number of epoxide rings is 1. The normalized spacial score (nSPS) is 18.4. The van der Waals surface area contributed by atoms with Crippen LogP contribution in [0.4, 0.5) is 17.6 Å². The molecule has 0 radical (unpaired) electrons. The molecule has 14 heteroatoms. The Balaban J connectivity index is 1.77. The number of Topliss-reactive ketones (excluding diaryl/α,β-unsaturated/α-hetero) is 2. The predicted molar refractivity (Wildman–Crippen MR) is 134 cm³/mol. The highest BCUT2D eigenvalue weighted by Crippen LogP contribution is 2.29. The van der Waals surface area contributed by atoms with Crippen LogP contribution in [0.5, 0.6) is 0 Å². The number of ketones is 2. The minimum absolute atomic E-state index is 0.00993. The van der Waals surface area contributed by atoms with Crippen molar-refractivity contribution >= 4 is 23.4 Å². The monoisotopic (exact) mass is 583 g/mol. The van der Waals surface area contributed by atoms with Crippen molar-refractivity contribution in [1.82, 2.24) is 15.6 Å². The molecule has 0 bridgehead atoms. The van der Waals surface area contributed by atoms with Gasteiger partial charge < -0.3 is 24.8 Å². The molecule has 1 aliphatic heterocycles. The Kier molecular flexibility index (Phi) is 11.4. The second-order valence-corrected chi connectivity index (χ2v) is 9.46. The summed E-state index contributed by atoms with van der Waals surface area (Å²) < 4.78 is 65.0. The molecule has 0 spiro atoms. The molecule has 3 rings (SSSR count). The lowest BCUT2D eigenvalue weighted by Crippen LogP contribution is -2.51. The quantitative estimate of drug-likeness (QED) is 0.214. The van der Waals surface area contributed by atoms with E-state index in [1.165, 1.54) is 24.5 Å². The smallest absolute Gasteiger partial charge is 0.345 e. The number of pyridine rings is 1. The standard InChI is InChI=1S/C27H29F4N3O7/c1-27(15-41-27)22(36)19(10-16-6-3-2-4-7-16)33-24(38)18(13-39-25(28)29)11-21(35)20(14-40-26(30)31)34-23(37)17-8-5-9-32-12-17/h2-9,12,18-20,25-26H,10-11,13-15H2,1H3,(H,33,38)(H,34,37)/t18-,19-,20-,27+/m0/s1. The number of hydrogen-bond acceptors (Lipinski definition) is 8. The molecule has 2 aromatic rings. The molecular weight excluding hydrogens is 554 g/mol. The highest BCUT2D eigenvalue weighted by Gasteiger charge is 2.50. The summed E-state index contributed by atoms with van der Waals surface area (Å²) in [5, 5.41) is 4.74. The Morgan fingerprint density at radius 3 is 2.20 bits per heavy atom. The summed E-state index contributed by atoms with van der Waals surface area (Å²) in [6, 6.07) is 8.66. The van der Waals surface area contributed by atoms with Crippen molar-refractivity contribution in [3.63, 3.8) is 0 Å². The van der Waals surface area contributed by atoms with Crippen LogP contribution >= 0.6 is 0 Å². The van der Waals surface area contributed by atoms with Crippen molar-refractivity contribution in [3.05, 3.63) is 66.0 Å². The summed E-state index contributed by atoms with van der Waals surface area (Å²) in [5.74, 6) is -4.80. The average Bonchev–Trinajstić information content (AvgIpc) is 3.71. The zero-order valence-electron chi connectivity index (χ0n) is 21.9. The van der Waals surface area contributed by atoms with Crippen molar-refractivity contribution in [2.45, 2.75) is 50.7 Å². The van der Waals surface area contributed by atoms with Crippen molar-refractivity contribution in [3.8, 4) is 0 Å². The molecule has 1 saturated heterocycles. The highest BCUT2D eigenvalue weighted by atomic mass is 19.3. The van der Waals surface area contributed by atoms with Crippen LogP contribution in [0.2, 0.25) is 0 Å². The van der Waals surface area contributed by atoms with Crippen LogP contribution in [-0.4, -0.2) is 79.1 Å². The third-order valence-corrected chi connectivity index (χ3v) is 6.26. The van der Waals surface area contributed by atoms with E-state index in [9.17, 15) is 36.7 Å². The SMILES string of the molecule is C[C@]1(C(=O)[C@H](Cc2ccccc2)NC(=O)[C@H](COC(F)F)CC(=O)[C@H](COC(F)F)NC(=O)c2cccnc2)CO1. The van der Waals surface area contributed by atoms with Crippen molar-refractivity contribution < 1.29 is 51.0 Å². The second kappa shape index (κ2) is 14.8. The van der Waals surface area contributed by atoms with E-state index in [0.717, 1.165) is 0 Å². The predicted octanol–water partition coefficient (Wildman–Crippen LogP) is 2.32. The topological polar surface area (TPSA) is 136 Å². The molecular formula is C27H29F4N3O7. The average molecular weight is 584 g/mol. The van der Waals surface area contributed by atoms with Crippen LogP contribution in [0.25, 0.3) is 0 Å². The summed E-state index contributed by atoms with van der Waals surface area (Å²) in [6.07, 6.45) is 1.80. The lowest BCUT2D eigenvalue weighted by Gasteiger charge is -2.24. The Morgan fingerprint density at radius 2 is 1.61 bits per heavy atom. The van der Waals surface area contributed by atoms with Gasteiger partial charge >= 0.3 is 13.2 Å².